The fourth-order valence-corrected chi connectivity index (χ4v) is 4.99. The molecule has 2 aromatic rings. The van der Waals surface area contributed by atoms with E-state index in [0.717, 1.165) is 11.1 Å². The summed E-state index contributed by atoms with van der Waals surface area (Å²) in [6.45, 7) is 0.805. The summed E-state index contributed by atoms with van der Waals surface area (Å²) in [5.74, 6) is -1.30. The van der Waals surface area contributed by atoms with Gasteiger partial charge in [-0.25, -0.2) is 0 Å². The minimum Gasteiger partial charge on any atom is -0.480 e. The van der Waals surface area contributed by atoms with Crippen LogP contribution in [0.25, 0.3) is 0 Å². The fourth-order valence-electron chi connectivity index (χ4n) is 2.35. The van der Waals surface area contributed by atoms with Crippen molar-refractivity contribution in [2.24, 2.45) is 0 Å². The number of hydrogen-bond donors (Lipinski definition) is 4. The summed E-state index contributed by atoms with van der Waals surface area (Å²) in [5, 5.41) is 26.0. The predicted octanol–water partition coefficient (Wildman–Crippen LogP) is 4.16. The summed E-state index contributed by atoms with van der Waals surface area (Å²) in [5.41, 5.74) is 1.86. The van der Waals surface area contributed by atoms with E-state index < -0.39 is 24.0 Å². The van der Waals surface area contributed by atoms with Gasteiger partial charge in [0.25, 0.3) is 0 Å². The maximum Gasteiger partial charge on any atom is 0.321 e. The minimum atomic E-state index is -0.951. The SMILES string of the molecule is O=C(O)[C@H](CSSC[C@H](NCc1ccc(Cl)cc1)C(=O)O)NCc1ccc(Cl)cc1. The molecule has 4 N–H and O–H groups in total. The second kappa shape index (κ2) is 13.1. The maximum absolute atomic E-state index is 11.5. The number of aliphatic carboxylic acids is 2. The number of rotatable bonds is 13. The second-order valence-corrected chi connectivity index (χ2v) is 9.79. The summed E-state index contributed by atoms with van der Waals surface area (Å²) >= 11 is 11.7. The first-order valence-electron chi connectivity index (χ1n) is 9.01. The number of carbonyl (C=O) groups is 2. The molecule has 0 heterocycles. The molecule has 0 aliphatic carbocycles. The monoisotopic (exact) mass is 488 g/mol. The van der Waals surface area contributed by atoms with E-state index in [9.17, 15) is 19.8 Å². The molecule has 0 aliphatic rings. The minimum absolute atomic E-state index is 0.303. The molecule has 0 unspecified atom stereocenters. The van der Waals surface area contributed by atoms with Crippen LogP contribution in [0, 0.1) is 0 Å². The zero-order valence-electron chi connectivity index (χ0n) is 15.9. The third kappa shape index (κ3) is 9.16. The molecule has 2 atom stereocenters. The van der Waals surface area contributed by atoms with Gasteiger partial charge in [0.1, 0.15) is 12.1 Å². The number of carboxylic acids is 2. The van der Waals surface area contributed by atoms with Crippen LogP contribution >= 0.6 is 44.8 Å². The Morgan fingerprint density at radius 1 is 0.733 bits per heavy atom. The average molecular weight is 489 g/mol. The van der Waals surface area contributed by atoms with Crippen LogP contribution < -0.4 is 10.6 Å². The third-order valence-corrected chi connectivity index (χ3v) is 7.01. The molecule has 0 spiro atoms. The first kappa shape index (κ1) is 24.8. The van der Waals surface area contributed by atoms with Crippen molar-refractivity contribution in [3.8, 4) is 0 Å². The van der Waals surface area contributed by atoms with Crippen molar-refractivity contribution in [1.29, 1.82) is 0 Å². The summed E-state index contributed by atoms with van der Waals surface area (Å²) in [6.07, 6.45) is 0. The van der Waals surface area contributed by atoms with Gasteiger partial charge in [0.2, 0.25) is 0 Å². The van der Waals surface area contributed by atoms with Gasteiger partial charge in [0, 0.05) is 34.6 Å². The van der Waals surface area contributed by atoms with Gasteiger partial charge >= 0.3 is 11.9 Å². The van der Waals surface area contributed by atoms with Crippen LogP contribution in [0.1, 0.15) is 11.1 Å². The van der Waals surface area contributed by atoms with E-state index in [2.05, 4.69) is 10.6 Å². The molecule has 2 rings (SSSR count). The largest absolute Gasteiger partial charge is 0.480 e. The van der Waals surface area contributed by atoms with Crippen molar-refractivity contribution in [2.45, 2.75) is 25.2 Å². The Balaban J connectivity index is 1.74. The summed E-state index contributed by atoms with van der Waals surface area (Å²) in [6, 6.07) is 12.8. The first-order chi connectivity index (χ1) is 14.3. The molecule has 0 aliphatic heterocycles. The van der Waals surface area contributed by atoms with Gasteiger partial charge in [-0.1, -0.05) is 69.1 Å². The Morgan fingerprint density at radius 3 is 1.37 bits per heavy atom. The van der Waals surface area contributed by atoms with Crippen LogP contribution in [0.15, 0.2) is 48.5 Å². The van der Waals surface area contributed by atoms with E-state index in [1.807, 2.05) is 24.3 Å². The third-order valence-electron chi connectivity index (χ3n) is 4.08. The van der Waals surface area contributed by atoms with Gasteiger partial charge in [-0.15, -0.1) is 0 Å². The van der Waals surface area contributed by atoms with Gasteiger partial charge < -0.3 is 10.2 Å². The zero-order valence-corrected chi connectivity index (χ0v) is 19.0. The van der Waals surface area contributed by atoms with Crippen molar-refractivity contribution < 1.29 is 19.8 Å². The van der Waals surface area contributed by atoms with Gasteiger partial charge in [-0.3, -0.25) is 20.2 Å². The quantitative estimate of drug-likeness (QED) is 0.246. The molecule has 6 nitrogen and oxygen atoms in total. The van der Waals surface area contributed by atoms with Crippen molar-refractivity contribution in [1.82, 2.24) is 10.6 Å². The highest BCUT2D eigenvalue weighted by Crippen LogP contribution is 2.23. The van der Waals surface area contributed by atoms with Gasteiger partial charge in [-0.05, 0) is 35.4 Å². The Hall–Kier alpha value is -1.42. The summed E-state index contributed by atoms with van der Waals surface area (Å²) in [7, 11) is 2.66. The van der Waals surface area contributed by atoms with Crippen LogP contribution in [-0.2, 0) is 22.7 Å². The van der Waals surface area contributed by atoms with Crippen molar-refractivity contribution in [3.63, 3.8) is 0 Å². The van der Waals surface area contributed by atoms with Gasteiger partial charge in [0.15, 0.2) is 0 Å². The number of benzene rings is 2. The highest BCUT2D eigenvalue weighted by molar-refractivity contribution is 8.76. The van der Waals surface area contributed by atoms with E-state index in [1.165, 1.54) is 21.6 Å². The van der Waals surface area contributed by atoms with Crippen LogP contribution in [0.4, 0.5) is 0 Å². The molecule has 162 valence electrons. The highest BCUT2D eigenvalue weighted by atomic mass is 35.5. The molecular weight excluding hydrogens is 467 g/mol. The second-order valence-electron chi connectivity index (χ2n) is 6.37. The highest BCUT2D eigenvalue weighted by Gasteiger charge is 2.20. The van der Waals surface area contributed by atoms with Gasteiger partial charge in [-0.2, -0.15) is 0 Å². The van der Waals surface area contributed by atoms with Crippen LogP contribution in [0.2, 0.25) is 10.0 Å². The number of nitrogens with one attached hydrogen (secondary N) is 2. The molecule has 0 amide bonds. The van der Waals surface area contributed by atoms with Crippen LogP contribution in [0.5, 0.6) is 0 Å². The van der Waals surface area contributed by atoms with Crippen molar-refractivity contribution in [3.05, 3.63) is 69.7 Å². The standard InChI is InChI=1S/C20H22Cl2N2O4S2/c21-15-5-1-13(2-6-15)9-23-17(19(25)26)11-29-30-12-18(20(27)28)24-10-14-3-7-16(22)8-4-14/h1-8,17-18,23-24H,9-12H2,(H,25,26)(H,27,28)/t17-,18-/m0/s1. The van der Waals surface area contributed by atoms with Crippen LogP contribution in [-0.4, -0.2) is 45.7 Å². The number of halogens is 2. The Bertz CT molecular complexity index is 753. The van der Waals surface area contributed by atoms with E-state index in [4.69, 9.17) is 23.2 Å². The van der Waals surface area contributed by atoms with E-state index >= 15 is 0 Å². The molecule has 10 heteroatoms. The lowest BCUT2D eigenvalue weighted by Gasteiger charge is -2.16. The average Bonchev–Trinajstić information content (AvgIpc) is 2.71. The topological polar surface area (TPSA) is 98.7 Å². The lowest BCUT2D eigenvalue weighted by atomic mass is 10.2. The van der Waals surface area contributed by atoms with E-state index in [-0.39, 0.29) is 0 Å². The normalized spacial score (nSPS) is 13.0. The number of carboxylic acid groups (broad SMARTS) is 2. The van der Waals surface area contributed by atoms with Gasteiger partial charge in [0.05, 0.1) is 0 Å². The van der Waals surface area contributed by atoms with Crippen molar-refractivity contribution in [2.75, 3.05) is 11.5 Å². The molecule has 0 fully saturated rings. The van der Waals surface area contributed by atoms with Crippen LogP contribution in [0.3, 0.4) is 0 Å². The fraction of sp³-hybridized carbons (Fsp3) is 0.300. The zero-order chi connectivity index (χ0) is 21.9. The lowest BCUT2D eigenvalue weighted by Crippen LogP contribution is -2.39. The molecule has 0 radical (unpaired) electrons. The van der Waals surface area contributed by atoms with Crippen molar-refractivity contribution >= 4 is 56.7 Å². The first-order valence-corrected chi connectivity index (χ1v) is 12.2. The predicted molar refractivity (Wildman–Crippen MR) is 124 cm³/mol. The molecular formula is C20H22Cl2N2O4S2. The molecule has 2 aromatic carbocycles. The molecule has 0 bridgehead atoms. The van der Waals surface area contributed by atoms with E-state index in [1.54, 1.807) is 24.3 Å². The summed E-state index contributed by atoms with van der Waals surface area (Å²) in [4.78, 5) is 22.9. The molecule has 0 saturated carbocycles. The molecule has 0 aromatic heterocycles. The maximum atomic E-state index is 11.5. The molecule has 0 saturated heterocycles. The Kier molecular flexibility index (Phi) is 10.8. The lowest BCUT2D eigenvalue weighted by molar-refractivity contribution is -0.139. The van der Waals surface area contributed by atoms with E-state index in [0.29, 0.717) is 34.6 Å². The smallest absolute Gasteiger partial charge is 0.321 e. The Morgan fingerprint density at radius 2 is 1.07 bits per heavy atom. The Labute approximate surface area is 193 Å². The molecule has 30 heavy (non-hydrogen) atoms. The summed E-state index contributed by atoms with van der Waals surface area (Å²) < 4.78 is 0. The number of hydrogen-bond acceptors (Lipinski definition) is 6.